The minimum absolute atomic E-state index is 0.212. The van der Waals surface area contributed by atoms with Crippen LogP contribution in [0, 0.1) is 0 Å². The van der Waals surface area contributed by atoms with Crippen molar-refractivity contribution in [3.8, 4) is 5.75 Å². The first-order valence-corrected chi connectivity index (χ1v) is 13.7. The number of halogens is 3. The van der Waals surface area contributed by atoms with Crippen LogP contribution in [0.3, 0.4) is 0 Å². The topological polar surface area (TPSA) is 56.5 Å². The van der Waals surface area contributed by atoms with E-state index in [1.807, 2.05) is 73.7 Å². The SMILES string of the molecule is CCc1nc2ccc(Br)cc2c(=O)n1N=Cc1c(OCc2ccc(Br)cc2Br)ccc2ccccc12. The molecule has 1 aromatic heterocycles. The third-order valence-electron chi connectivity index (χ3n) is 5.82. The lowest BCUT2D eigenvalue weighted by atomic mass is 10.0. The third-order valence-corrected chi connectivity index (χ3v) is 7.55. The maximum absolute atomic E-state index is 13.4. The van der Waals surface area contributed by atoms with Crippen molar-refractivity contribution in [2.75, 3.05) is 0 Å². The Hall–Kier alpha value is -2.81. The van der Waals surface area contributed by atoms with Crippen molar-refractivity contribution in [3.05, 3.63) is 114 Å². The molecule has 5 nitrogen and oxygen atoms in total. The van der Waals surface area contributed by atoms with Gasteiger partial charge in [0.2, 0.25) is 0 Å². The highest BCUT2D eigenvalue weighted by atomic mass is 79.9. The first kappa shape index (κ1) is 24.9. The normalized spacial score (nSPS) is 11.6. The van der Waals surface area contributed by atoms with E-state index in [1.54, 1.807) is 12.3 Å². The molecule has 180 valence electrons. The number of aromatic nitrogens is 2. The number of aryl methyl sites for hydroxylation is 1. The Kier molecular flexibility index (Phi) is 7.37. The Morgan fingerprint density at radius 3 is 2.53 bits per heavy atom. The van der Waals surface area contributed by atoms with Crippen LogP contribution >= 0.6 is 47.8 Å². The van der Waals surface area contributed by atoms with E-state index in [9.17, 15) is 4.79 Å². The number of ether oxygens (including phenoxy) is 1. The van der Waals surface area contributed by atoms with Crippen LogP contribution in [0.2, 0.25) is 0 Å². The van der Waals surface area contributed by atoms with Crippen LogP contribution in [0.4, 0.5) is 0 Å². The Morgan fingerprint density at radius 1 is 0.944 bits per heavy atom. The predicted octanol–water partition coefficient (Wildman–Crippen LogP) is 7.86. The Labute approximate surface area is 233 Å². The molecule has 0 saturated heterocycles. The molecule has 0 aliphatic heterocycles. The number of fused-ring (bicyclic) bond motifs is 2. The zero-order chi connectivity index (χ0) is 25.2. The third kappa shape index (κ3) is 5.03. The van der Waals surface area contributed by atoms with Gasteiger partial charge in [-0.2, -0.15) is 9.78 Å². The average Bonchev–Trinajstić information content (AvgIpc) is 2.88. The summed E-state index contributed by atoms with van der Waals surface area (Å²) in [6.07, 6.45) is 2.26. The zero-order valence-electron chi connectivity index (χ0n) is 19.2. The first-order valence-electron chi connectivity index (χ1n) is 11.3. The Morgan fingerprint density at radius 2 is 1.72 bits per heavy atom. The van der Waals surface area contributed by atoms with Crippen molar-refractivity contribution in [2.24, 2.45) is 5.10 Å². The van der Waals surface area contributed by atoms with Gasteiger partial charge >= 0.3 is 0 Å². The van der Waals surface area contributed by atoms with Gasteiger partial charge in [0, 0.05) is 31.0 Å². The van der Waals surface area contributed by atoms with E-state index in [0.29, 0.717) is 35.5 Å². The molecule has 0 aliphatic carbocycles. The highest BCUT2D eigenvalue weighted by Crippen LogP contribution is 2.29. The van der Waals surface area contributed by atoms with Gasteiger partial charge in [0.05, 0.1) is 17.1 Å². The van der Waals surface area contributed by atoms with E-state index in [1.165, 1.54) is 4.68 Å². The molecule has 0 spiro atoms. The van der Waals surface area contributed by atoms with E-state index in [-0.39, 0.29) is 5.56 Å². The number of benzene rings is 4. The molecule has 0 saturated carbocycles. The lowest BCUT2D eigenvalue weighted by molar-refractivity contribution is 0.305. The molecular weight excluding hydrogens is 650 g/mol. The van der Waals surface area contributed by atoms with Crippen LogP contribution in [0.25, 0.3) is 21.7 Å². The predicted molar refractivity (Wildman–Crippen MR) is 156 cm³/mol. The average molecular weight is 670 g/mol. The van der Waals surface area contributed by atoms with Crippen LogP contribution < -0.4 is 10.3 Å². The molecule has 0 unspecified atom stereocenters. The monoisotopic (exact) mass is 667 g/mol. The van der Waals surface area contributed by atoms with E-state index in [2.05, 4.69) is 57.9 Å². The molecule has 0 fully saturated rings. The molecule has 0 aliphatic rings. The van der Waals surface area contributed by atoms with Gasteiger partial charge in [-0.3, -0.25) is 4.79 Å². The minimum Gasteiger partial charge on any atom is -0.488 e. The standard InChI is InChI=1S/C28H20Br3N3O2/c1-2-27-33-25-11-10-19(29)13-22(25)28(35)34(27)32-15-23-21-6-4-3-5-17(21)8-12-26(23)36-16-18-7-9-20(30)14-24(18)31/h3-15H,2,16H2,1H3. The molecule has 0 atom stereocenters. The van der Waals surface area contributed by atoms with Gasteiger partial charge in [-0.1, -0.05) is 91.1 Å². The second-order valence-electron chi connectivity index (χ2n) is 8.13. The maximum Gasteiger partial charge on any atom is 0.282 e. The fourth-order valence-electron chi connectivity index (χ4n) is 3.99. The molecule has 5 rings (SSSR count). The summed E-state index contributed by atoms with van der Waals surface area (Å²) in [5.74, 6) is 1.27. The lowest BCUT2D eigenvalue weighted by Gasteiger charge is -2.13. The molecule has 8 heteroatoms. The van der Waals surface area contributed by atoms with Gasteiger partial charge in [-0.25, -0.2) is 4.98 Å². The fraction of sp³-hybridized carbons (Fsp3) is 0.107. The molecule has 0 N–H and O–H groups in total. The smallest absolute Gasteiger partial charge is 0.282 e. The summed E-state index contributed by atoms with van der Waals surface area (Å²) in [5.41, 5.74) is 2.25. The molecule has 0 radical (unpaired) electrons. The summed E-state index contributed by atoms with van der Waals surface area (Å²) in [7, 11) is 0. The first-order chi connectivity index (χ1) is 17.4. The van der Waals surface area contributed by atoms with Crippen molar-refractivity contribution in [2.45, 2.75) is 20.0 Å². The molecule has 36 heavy (non-hydrogen) atoms. The summed E-state index contributed by atoms with van der Waals surface area (Å²) in [6.45, 7) is 2.33. The minimum atomic E-state index is -0.212. The Bertz CT molecular complexity index is 1700. The van der Waals surface area contributed by atoms with E-state index < -0.39 is 0 Å². The van der Waals surface area contributed by atoms with Crippen LogP contribution in [0.5, 0.6) is 5.75 Å². The lowest BCUT2D eigenvalue weighted by Crippen LogP contribution is -2.22. The summed E-state index contributed by atoms with van der Waals surface area (Å²) >= 11 is 10.5. The number of hydrogen-bond donors (Lipinski definition) is 0. The van der Waals surface area contributed by atoms with Crippen molar-refractivity contribution in [1.29, 1.82) is 0 Å². The van der Waals surface area contributed by atoms with E-state index >= 15 is 0 Å². The molecule has 5 aromatic rings. The Balaban J connectivity index is 1.60. The highest BCUT2D eigenvalue weighted by molar-refractivity contribution is 9.11. The zero-order valence-corrected chi connectivity index (χ0v) is 24.0. The van der Waals surface area contributed by atoms with Crippen LogP contribution in [-0.2, 0) is 13.0 Å². The second kappa shape index (κ2) is 10.7. The molecule has 0 bridgehead atoms. The van der Waals surface area contributed by atoms with E-state index in [0.717, 1.165) is 35.3 Å². The second-order valence-corrected chi connectivity index (χ2v) is 10.8. The van der Waals surface area contributed by atoms with Gasteiger partial charge in [-0.05, 0) is 47.2 Å². The molecule has 1 heterocycles. The number of hydrogen-bond acceptors (Lipinski definition) is 4. The van der Waals surface area contributed by atoms with Gasteiger partial charge in [0.25, 0.3) is 5.56 Å². The molecule has 4 aromatic carbocycles. The molecule has 0 amide bonds. The van der Waals surface area contributed by atoms with Gasteiger partial charge in [0.1, 0.15) is 18.2 Å². The van der Waals surface area contributed by atoms with Crippen molar-refractivity contribution in [3.63, 3.8) is 0 Å². The number of rotatable bonds is 6. The van der Waals surface area contributed by atoms with Crippen LogP contribution in [0.1, 0.15) is 23.9 Å². The van der Waals surface area contributed by atoms with Crippen molar-refractivity contribution >= 4 is 75.7 Å². The summed E-state index contributed by atoms with van der Waals surface area (Å²) in [5, 5.41) is 7.17. The van der Waals surface area contributed by atoms with Crippen LogP contribution in [0.15, 0.2) is 96.1 Å². The van der Waals surface area contributed by atoms with Crippen molar-refractivity contribution < 1.29 is 4.74 Å². The maximum atomic E-state index is 13.4. The summed E-state index contributed by atoms with van der Waals surface area (Å²) in [4.78, 5) is 18.0. The highest BCUT2D eigenvalue weighted by Gasteiger charge is 2.12. The van der Waals surface area contributed by atoms with Crippen LogP contribution in [-0.4, -0.2) is 15.9 Å². The summed E-state index contributed by atoms with van der Waals surface area (Å²) < 4.78 is 10.4. The summed E-state index contributed by atoms with van der Waals surface area (Å²) in [6, 6.07) is 23.5. The fourth-order valence-corrected chi connectivity index (χ4v) is 5.51. The van der Waals surface area contributed by atoms with Crippen molar-refractivity contribution in [1.82, 2.24) is 9.66 Å². The largest absolute Gasteiger partial charge is 0.488 e. The quantitative estimate of drug-likeness (QED) is 0.173. The van der Waals surface area contributed by atoms with Gasteiger partial charge < -0.3 is 4.74 Å². The van der Waals surface area contributed by atoms with Gasteiger partial charge in [0.15, 0.2) is 0 Å². The van der Waals surface area contributed by atoms with E-state index in [4.69, 9.17) is 4.74 Å². The number of nitrogens with zero attached hydrogens (tertiary/aromatic N) is 3. The van der Waals surface area contributed by atoms with Gasteiger partial charge in [-0.15, -0.1) is 0 Å². The molecular formula is C28H20Br3N3O2.